The van der Waals surface area contributed by atoms with Crippen LogP contribution in [0.5, 0.6) is 11.5 Å². The zero-order valence-electron chi connectivity index (χ0n) is 19.0. The van der Waals surface area contributed by atoms with E-state index in [1.54, 1.807) is 29.2 Å². The van der Waals surface area contributed by atoms with Gasteiger partial charge in [-0.3, -0.25) is 19.3 Å². The Labute approximate surface area is 207 Å². The van der Waals surface area contributed by atoms with Crippen LogP contribution < -0.4 is 8.92 Å². The average molecular weight is 517 g/mol. The summed E-state index contributed by atoms with van der Waals surface area (Å²) < 4.78 is 35.6. The molecule has 0 atom stereocenters. The smallest absolute Gasteiger partial charge is 0.339 e. The predicted molar refractivity (Wildman–Crippen MR) is 130 cm³/mol. The Hall–Kier alpha value is -3.31. The third kappa shape index (κ3) is 5.68. The summed E-state index contributed by atoms with van der Waals surface area (Å²) in [5.41, 5.74) is 0.499. The standard InChI is InChI=1S/C24H24N2O7S2/c1-32-20-14-17(10-11-19(20)33-35(30,31)18-8-4-2-5-9-18)15-21-23(28)26(24(29)34-21)16-22(27)25-12-6-3-7-13-25/h2,4-5,8-11,14-15H,3,6-7,12-13,16H2,1H3/b21-15-. The highest BCUT2D eigenvalue weighted by Gasteiger charge is 2.37. The number of methoxy groups -OCH3 is 1. The second kappa shape index (κ2) is 10.5. The maximum Gasteiger partial charge on any atom is 0.339 e. The van der Waals surface area contributed by atoms with Gasteiger partial charge in [0.15, 0.2) is 11.5 Å². The number of carbonyl (C=O) groups excluding carboxylic acids is 3. The van der Waals surface area contributed by atoms with E-state index < -0.39 is 21.3 Å². The lowest BCUT2D eigenvalue weighted by Crippen LogP contribution is -2.44. The first-order valence-electron chi connectivity index (χ1n) is 11.0. The molecule has 0 spiro atoms. The first kappa shape index (κ1) is 24.8. The molecule has 0 radical (unpaired) electrons. The number of ether oxygens (including phenoxy) is 1. The van der Waals surface area contributed by atoms with Crippen LogP contribution in [0.2, 0.25) is 0 Å². The molecule has 2 fully saturated rings. The Kier molecular flexibility index (Phi) is 7.46. The van der Waals surface area contributed by atoms with Crippen LogP contribution in [-0.4, -0.2) is 62.0 Å². The van der Waals surface area contributed by atoms with Crippen LogP contribution in [0.25, 0.3) is 6.08 Å². The summed E-state index contributed by atoms with van der Waals surface area (Å²) in [7, 11) is -2.70. The number of hydrogen-bond donors (Lipinski definition) is 0. The predicted octanol–water partition coefficient (Wildman–Crippen LogP) is 3.51. The van der Waals surface area contributed by atoms with Crippen molar-refractivity contribution in [2.24, 2.45) is 0 Å². The van der Waals surface area contributed by atoms with Gasteiger partial charge >= 0.3 is 10.1 Å². The number of nitrogens with zero attached hydrogens (tertiary/aromatic N) is 2. The Balaban J connectivity index is 1.50. The molecule has 2 aromatic rings. The van der Waals surface area contributed by atoms with Crippen LogP contribution in [0, 0.1) is 0 Å². The molecular formula is C24H24N2O7S2. The van der Waals surface area contributed by atoms with Gasteiger partial charge in [0.2, 0.25) is 5.91 Å². The molecule has 0 N–H and O–H groups in total. The Morgan fingerprint density at radius 2 is 1.74 bits per heavy atom. The van der Waals surface area contributed by atoms with Crippen molar-refractivity contribution in [1.82, 2.24) is 9.80 Å². The van der Waals surface area contributed by atoms with Gasteiger partial charge in [-0.15, -0.1) is 0 Å². The van der Waals surface area contributed by atoms with E-state index in [1.165, 1.54) is 37.5 Å². The monoisotopic (exact) mass is 516 g/mol. The van der Waals surface area contributed by atoms with Crippen LogP contribution >= 0.6 is 11.8 Å². The number of piperidine rings is 1. The summed E-state index contributed by atoms with van der Waals surface area (Å²) in [5.74, 6) is -0.668. The van der Waals surface area contributed by atoms with E-state index >= 15 is 0 Å². The summed E-state index contributed by atoms with van der Waals surface area (Å²) >= 11 is 0.750. The van der Waals surface area contributed by atoms with Crippen LogP contribution in [0.3, 0.4) is 0 Å². The minimum Gasteiger partial charge on any atom is -0.493 e. The van der Waals surface area contributed by atoms with Crippen molar-refractivity contribution in [3.63, 3.8) is 0 Å². The van der Waals surface area contributed by atoms with E-state index in [0.717, 1.165) is 35.9 Å². The lowest BCUT2D eigenvalue weighted by atomic mass is 10.1. The van der Waals surface area contributed by atoms with Gasteiger partial charge in [0.05, 0.1) is 12.0 Å². The molecule has 2 saturated heterocycles. The number of hydrogen-bond acceptors (Lipinski definition) is 8. The lowest BCUT2D eigenvalue weighted by Gasteiger charge is -2.27. The Morgan fingerprint density at radius 3 is 2.43 bits per heavy atom. The number of imide groups is 1. The topological polar surface area (TPSA) is 110 Å². The van der Waals surface area contributed by atoms with Gasteiger partial charge < -0.3 is 13.8 Å². The molecule has 0 aromatic heterocycles. The van der Waals surface area contributed by atoms with Crippen LogP contribution in [0.1, 0.15) is 24.8 Å². The fourth-order valence-corrected chi connectivity index (χ4v) is 5.56. The number of benzene rings is 2. The second-order valence-corrected chi connectivity index (χ2v) is 10.5. The summed E-state index contributed by atoms with van der Waals surface area (Å²) in [4.78, 5) is 40.5. The van der Waals surface area contributed by atoms with Gasteiger partial charge in [-0.2, -0.15) is 8.42 Å². The first-order chi connectivity index (χ1) is 16.8. The molecular weight excluding hydrogens is 492 g/mol. The largest absolute Gasteiger partial charge is 0.493 e. The van der Waals surface area contributed by atoms with Crippen molar-refractivity contribution in [3.8, 4) is 11.5 Å². The number of amides is 3. The molecule has 0 saturated carbocycles. The minimum atomic E-state index is -4.07. The molecule has 0 bridgehead atoms. The zero-order valence-corrected chi connectivity index (χ0v) is 20.6. The molecule has 184 valence electrons. The van der Waals surface area contributed by atoms with Crippen molar-refractivity contribution in [3.05, 3.63) is 59.0 Å². The molecule has 0 aliphatic carbocycles. The summed E-state index contributed by atoms with van der Waals surface area (Å²) in [6, 6.07) is 12.2. The third-order valence-electron chi connectivity index (χ3n) is 5.59. The SMILES string of the molecule is COc1cc(/C=C2\SC(=O)N(CC(=O)N3CCCCC3)C2=O)ccc1OS(=O)(=O)c1ccccc1. The van der Waals surface area contributed by atoms with Crippen molar-refractivity contribution >= 4 is 45.0 Å². The molecule has 2 aliphatic rings. The summed E-state index contributed by atoms with van der Waals surface area (Å²) in [6.07, 6.45) is 4.40. The summed E-state index contributed by atoms with van der Waals surface area (Å²) in [5, 5.41) is -0.507. The molecule has 35 heavy (non-hydrogen) atoms. The fourth-order valence-electron chi connectivity index (χ4n) is 3.76. The van der Waals surface area contributed by atoms with Crippen molar-refractivity contribution < 1.29 is 31.7 Å². The van der Waals surface area contributed by atoms with E-state index in [4.69, 9.17) is 8.92 Å². The van der Waals surface area contributed by atoms with E-state index in [0.29, 0.717) is 18.7 Å². The van der Waals surface area contributed by atoms with Crippen LogP contribution in [0.4, 0.5) is 4.79 Å². The molecule has 2 aliphatic heterocycles. The van der Waals surface area contributed by atoms with E-state index in [1.807, 2.05) is 0 Å². The summed E-state index contributed by atoms with van der Waals surface area (Å²) in [6.45, 7) is 0.994. The van der Waals surface area contributed by atoms with Crippen LogP contribution in [0.15, 0.2) is 58.3 Å². The maximum absolute atomic E-state index is 12.8. The van der Waals surface area contributed by atoms with Crippen molar-refractivity contribution in [2.45, 2.75) is 24.2 Å². The van der Waals surface area contributed by atoms with Crippen molar-refractivity contribution in [2.75, 3.05) is 26.7 Å². The third-order valence-corrected chi connectivity index (χ3v) is 7.75. The molecule has 2 aromatic carbocycles. The number of thioether (sulfide) groups is 1. The fraction of sp³-hybridized carbons (Fsp3) is 0.292. The Morgan fingerprint density at radius 1 is 1.03 bits per heavy atom. The minimum absolute atomic E-state index is 0.00101. The molecule has 3 amide bonds. The quantitative estimate of drug-likeness (QED) is 0.406. The van der Waals surface area contributed by atoms with Gasteiger partial charge in [-0.25, -0.2) is 0 Å². The van der Waals surface area contributed by atoms with Gasteiger partial charge in [0.25, 0.3) is 11.1 Å². The highest BCUT2D eigenvalue weighted by Crippen LogP contribution is 2.35. The van der Waals surface area contributed by atoms with Crippen LogP contribution in [-0.2, 0) is 19.7 Å². The zero-order chi connectivity index (χ0) is 25.0. The number of carbonyl (C=O) groups is 3. The molecule has 2 heterocycles. The van der Waals surface area contributed by atoms with Gasteiger partial charge in [-0.05, 0) is 66.9 Å². The molecule has 11 heteroatoms. The second-order valence-electron chi connectivity index (χ2n) is 7.97. The van der Waals surface area contributed by atoms with Crippen molar-refractivity contribution in [1.29, 1.82) is 0 Å². The van der Waals surface area contributed by atoms with E-state index in [9.17, 15) is 22.8 Å². The number of rotatable bonds is 7. The van der Waals surface area contributed by atoms with Gasteiger partial charge in [0.1, 0.15) is 11.4 Å². The van der Waals surface area contributed by atoms with Gasteiger partial charge in [-0.1, -0.05) is 24.3 Å². The molecule has 0 unspecified atom stereocenters. The number of likely N-dealkylation sites (tertiary alicyclic amines) is 1. The normalized spacial score (nSPS) is 17.7. The first-order valence-corrected chi connectivity index (χ1v) is 13.2. The Bertz CT molecular complexity index is 1270. The van der Waals surface area contributed by atoms with Gasteiger partial charge in [0, 0.05) is 13.1 Å². The molecule has 4 rings (SSSR count). The highest BCUT2D eigenvalue weighted by atomic mass is 32.2. The van der Waals surface area contributed by atoms with E-state index in [-0.39, 0.29) is 33.8 Å². The lowest BCUT2D eigenvalue weighted by molar-refractivity contribution is -0.136. The van der Waals surface area contributed by atoms with E-state index in [2.05, 4.69) is 0 Å². The molecule has 9 nitrogen and oxygen atoms in total. The highest BCUT2D eigenvalue weighted by molar-refractivity contribution is 8.18. The average Bonchev–Trinajstić information content (AvgIpc) is 3.13. The maximum atomic E-state index is 12.8.